The van der Waals surface area contributed by atoms with Crippen LogP contribution in [-0.4, -0.2) is 28.0 Å². The number of hydrogen-bond donors (Lipinski definition) is 3. The Hall–Kier alpha value is -1.63. The minimum atomic E-state index is -1.06. The number of rotatable bonds is 4. The molecule has 0 aliphatic carbocycles. The zero-order valence-corrected chi connectivity index (χ0v) is 8.87. The number of nitrogens with zero attached hydrogens (tertiary/aromatic N) is 1. The molecule has 0 aliphatic rings. The van der Waals surface area contributed by atoms with Gasteiger partial charge in [0.15, 0.2) is 5.13 Å². The Morgan fingerprint density at radius 1 is 1.73 bits per heavy atom. The van der Waals surface area contributed by atoms with E-state index in [2.05, 4.69) is 10.3 Å². The average molecular weight is 229 g/mol. The lowest BCUT2D eigenvalue weighted by Crippen LogP contribution is -2.40. The van der Waals surface area contributed by atoms with Gasteiger partial charge in [-0.25, -0.2) is 9.78 Å². The van der Waals surface area contributed by atoms with E-state index in [1.54, 1.807) is 6.92 Å². The van der Waals surface area contributed by atoms with Crippen LogP contribution in [0.5, 0.6) is 0 Å². The monoisotopic (exact) mass is 229 g/mol. The van der Waals surface area contributed by atoms with E-state index in [1.165, 1.54) is 5.38 Å². The topological polar surface area (TPSA) is 105 Å². The lowest BCUT2D eigenvalue weighted by Gasteiger charge is -2.10. The van der Waals surface area contributed by atoms with Gasteiger partial charge in [0.05, 0.1) is 0 Å². The SMILES string of the molecule is CC[C@@H](NC(=O)c1csc(N)n1)C(=O)O. The van der Waals surface area contributed by atoms with Crippen molar-refractivity contribution < 1.29 is 14.7 Å². The van der Waals surface area contributed by atoms with Gasteiger partial charge in [-0.2, -0.15) is 0 Å². The molecular weight excluding hydrogens is 218 g/mol. The maximum absolute atomic E-state index is 11.4. The summed E-state index contributed by atoms with van der Waals surface area (Å²) in [5.41, 5.74) is 5.50. The van der Waals surface area contributed by atoms with Crippen LogP contribution in [0.1, 0.15) is 23.8 Å². The summed E-state index contributed by atoms with van der Waals surface area (Å²) < 4.78 is 0. The third kappa shape index (κ3) is 2.91. The summed E-state index contributed by atoms with van der Waals surface area (Å²) >= 11 is 1.13. The Morgan fingerprint density at radius 3 is 2.80 bits per heavy atom. The number of hydrogen-bond acceptors (Lipinski definition) is 5. The van der Waals surface area contributed by atoms with Gasteiger partial charge in [0.1, 0.15) is 11.7 Å². The van der Waals surface area contributed by atoms with Crippen LogP contribution in [0.3, 0.4) is 0 Å². The molecule has 0 fully saturated rings. The molecule has 82 valence electrons. The number of carbonyl (C=O) groups is 2. The number of aromatic nitrogens is 1. The van der Waals surface area contributed by atoms with Gasteiger partial charge in [0.2, 0.25) is 0 Å². The van der Waals surface area contributed by atoms with E-state index in [1.807, 2.05) is 0 Å². The zero-order valence-electron chi connectivity index (χ0n) is 8.06. The largest absolute Gasteiger partial charge is 0.480 e. The summed E-state index contributed by atoms with van der Waals surface area (Å²) in [6.45, 7) is 1.68. The third-order valence-corrected chi connectivity index (χ3v) is 2.44. The third-order valence-electron chi connectivity index (χ3n) is 1.77. The van der Waals surface area contributed by atoms with E-state index in [0.29, 0.717) is 6.42 Å². The molecule has 0 saturated heterocycles. The first-order valence-corrected chi connectivity index (χ1v) is 5.17. The van der Waals surface area contributed by atoms with Crippen LogP contribution in [0, 0.1) is 0 Å². The van der Waals surface area contributed by atoms with Crippen LogP contribution in [0.2, 0.25) is 0 Å². The number of carbonyl (C=O) groups excluding carboxylic acids is 1. The second-order valence-electron chi connectivity index (χ2n) is 2.84. The van der Waals surface area contributed by atoms with E-state index in [0.717, 1.165) is 11.3 Å². The Balaban J connectivity index is 2.66. The molecule has 1 aromatic rings. The van der Waals surface area contributed by atoms with E-state index in [-0.39, 0.29) is 10.8 Å². The summed E-state index contributed by atoms with van der Waals surface area (Å²) in [6.07, 6.45) is 0.320. The number of nitrogens with one attached hydrogen (secondary N) is 1. The fourth-order valence-corrected chi connectivity index (χ4v) is 1.51. The minimum absolute atomic E-state index is 0.150. The minimum Gasteiger partial charge on any atom is -0.480 e. The van der Waals surface area contributed by atoms with Crippen molar-refractivity contribution in [2.24, 2.45) is 0 Å². The van der Waals surface area contributed by atoms with Gasteiger partial charge in [0.25, 0.3) is 5.91 Å². The van der Waals surface area contributed by atoms with Gasteiger partial charge in [-0.1, -0.05) is 6.92 Å². The van der Waals surface area contributed by atoms with Gasteiger partial charge in [-0.3, -0.25) is 4.79 Å². The van der Waals surface area contributed by atoms with Crippen molar-refractivity contribution >= 4 is 28.3 Å². The second kappa shape index (κ2) is 4.74. The van der Waals surface area contributed by atoms with Crippen molar-refractivity contribution in [3.63, 3.8) is 0 Å². The van der Waals surface area contributed by atoms with Crippen molar-refractivity contribution in [1.82, 2.24) is 10.3 Å². The van der Waals surface area contributed by atoms with Gasteiger partial charge in [-0.05, 0) is 6.42 Å². The number of nitrogens with two attached hydrogens (primary N) is 1. The molecule has 15 heavy (non-hydrogen) atoms. The van der Waals surface area contributed by atoms with Crippen molar-refractivity contribution in [2.45, 2.75) is 19.4 Å². The summed E-state index contributed by atoms with van der Waals surface area (Å²) in [7, 11) is 0. The van der Waals surface area contributed by atoms with Crippen molar-refractivity contribution in [3.8, 4) is 0 Å². The number of aliphatic carboxylic acids is 1. The molecule has 6 nitrogen and oxygen atoms in total. The Kier molecular flexibility index (Phi) is 3.62. The standard InChI is InChI=1S/C8H11N3O3S/c1-2-4(7(13)14)10-6(12)5-3-15-8(9)11-5/h3-4H,2H2,1H3,(H2,9,11)(H,10,12)(H,13,14)/t4-/m1/s1. The molecule has 1 aromatic heterocycles. The van der Waals surface area contributed by atoms with Crippen LogP contribution >= 0.6 is 11.3 Å². The summed E-state index contributed by atoms with van der Waals surface area (Å²) in [5.74, 6) is -1.58. The fraction of sp³-hybridized carbons (Fsp3) is 0.375. The highest BCUT2D eigenvalue weighted by Crippen LogP contribution is 2.10. The molecule has 4 N–H and O–H groups in total. The number of carboxylic acids is 1. The van der Waals surface area contributed by atoms with Gasteiger partial charge < -0.3 is 16.2 Å². The average Bonchev–Trinajstić information content (AvgIpc) is 2.60. The molecule has 1 amide bonds. The molecule has 0 saturated carbocycles. The molecule has 0 spiro atoms. The first kappa shape index (κ1) is 11.4. The highest BCUT2D eigenvalue weighted by atomic mass is 32.1. The predicted octanol–water partition coefficient (Wildman–Crippen LogP) is 0.318. The number of carboxylic acid groups (broad SMARTS) is 1. The molecule has 0 radical (unpaired) electrons. The smallest absolute Gasteiger partial charge is 0.326 e. The lowest BCUT2D eigenvalue weighted by molar-refractivity contribution is -0.139. The Labute approximate surface area is 90.1 Å². The number of thiazole rings is 1. The van der Waals surface area contributed by atoms with Crippen molar-refractivity contribution in [2.75, 3.05) is 5.73 Å². The molecule has 0 bridgehead atoms. The first-order valence-electron chi connectivity index (χ1n) is 4.29. The van der Waals surface area contributed by atoms with Crippen LogP contribution in [0.4, 0.5) is 5.13 Å². The van der Waals surface area contributed by atoms with E-state index in [9.17, 15) is 9.59 Å². The molecule has 1 heterocycles. The lowest BCUT2D eigenvalue weighted by atomic mass is 10.2. The molecule has 1 atom stereocenters. The van der Waals surface area contributed by atoms with Crippen LogP contribution in [0.15, 0.2) is 5.38 Å². The molecular formula is C8H11N3O3S. The predicted molar refractivity (Wildman–Crippen MR) is 55.7 cm³/mol. The highest BCUT2D eigenvalue weighted by Gasteiger charge is 2.19. The summed E-state index contributed by atoms with van der Waals surface area (Å²) in [5, 5.41) is 12.8. The maximum Gasteiger partial charge on any atom is 0.326 e. The maximum atomic E-state index is 11.4. The van der Waals surface area contributed by atoms with Crippen LogP contribution in [0.25, 0.3) is 0 Å². The fourth-order valence-electron chi connectivity index (χ4n) is 0.963. The molecule has 0 aliphatic heterocycles. The van der Waals surface area contributed by atoms with E-state index in [4.69, 9.17) is 10.8 Å². The second-order valence-corrected chi connectivity index (χ2v) is 3.73. The first-order chi connectivity index (χ1) is 7.04. The van der Waals surface area contributed by atoms with Crippen LogP contribution < -0.4 is 11.1 Å². The van der Waals surface area contributed by atoms with Crippen molar-refractivity contribution in [3.05, 3.63) is 11.1 Å². The quantitative estimate of drug-likeness (QED) is 0.689. The van der Waals surface area contributed by atoms with E-state index < -0.39 is 17.9 Å². The summed E-state index contributed by atoms with van der Waals surface area (Å²) in [4.78, 5) is 25.8. The number of nitrogen functional groups attached to an aromatic ring is 1. The zero-order chi connectivity index (χ0) is 11.4. The molecule has 0 unspecified atom stereocenters. The number of amides is 1. The van der Waals surface area contributed by atoms with Crippen molar-refractivity contribution in [1.29, 1.82) is 0 Å². The molecule has 7 heteroatoms. The van der Waals surface area contributed by atoms with Gasteiger partial charge in [0, 0.05) is 5.38 Å². The molecule has 1 rings (SSSR count). The molecule has 0 aromatic carbocycles. The summed E-state index contributed by atoms with van der Waals surface area (Å²) in [6, 6.07) is -0.888. The highest BCUT2D eigenvalue weighted by molar-refractivity contribution is 7.13. The number of anilines is 1. The van der Waals surface area contributed by atoms with Crippen LogP contribution in [-0.2, 0) is 4.79 Å². The van der Waals surface area contributed by atoms with Gasteiger partial charge >= 0.3 is 5.97 Å². The van der Waals surface area contributed by atoms with E-state index >= 15 is 0 Å². The Bertz CT molecular complexity index is 377. The van der Waals surface area contributed by atoms with Gasteiger partial charge in [-0.15, -0.1) is 11.3 Å². The Morgan fingerprint density at radius 2 is 2.40 bits per heavy atom. The normalized spacial score (nSPS) is 12.1.